The maximum atomic E-state index is 6.16. The van der Waals surface area contributed by atoms with E-state index >= 15 is 0 Å². The number of likely N-dealkylation sites (N-methyl/N-ethyl adjacent to an activating group) is 1. The lowest BCUT2D eigenvalue weighted by Crippen LogP contribution is -2.37. The zero-order valence-electron chi connectivity index (χ0n) is 10.8. The highest BCUT2D eigenvalue weighted by molar-refractivity contribution is 6.42. The van der Waals surface area contributed by atoms with Gasteiger partial charge < -0.3 is 5.32 Å². The summed E-state index contributed by atoms with van der Waals surface area (Å²) in [6, 6.07) is 6.46. The molecule has 2 nitrogen and oxygen atoms in total. The molecular formula is C14H20Cl2N2. The number of hydrogen-bond donors (Lipinski definition) is 1. The third-order valence-electron chi connectivity index (χ3n) is 3.63. The van der Waals surface area contributed by atoms with E-state index in [1.54, 1.807) is 0 Å². The number of hydrogen-bond acceptors (Lipinski definition) is 2. The molecule has 1 aliphatic rings. The van der Waals surface area contributed by atoms with E-state index in [-0.39, 0.29) is 0 Å². The van der Waals surface area contributed by atoms with Gasteiger partial charge in [-0.25, -0.2) is 0 Å². The van der Waals surface area contributed by atoms with Crippen molar-refractivity contribution in [3.8, 4) is 0 Å². The Morgan fingerprint density at radius 1 is 1.39 bits per heavy atom. The molecule has 2 rings (SSSR count). The van der Waals surface area contributed by atoms with Crippen LogP contribution in [0.2, 0.25) is 10.0 Å². The number of rotatable bonds is 5. The molecule has 4 heteroatoms. The molecule has 1 N–H and O–H groups in total. The van der Waals surface area contributed by atoms with E-state index in [0.717, 1.165) is 25.2 Å². The van der Waals surface area contributed by atoms with Gasteiger partial charge in [0.25, 0.3) is 0 Å². The van der Waals surface area contributed by atoms with Gasteiger partial charge in [0.2, 0.25) is 0 Å². The van der Waals surface area contributed by atoms with Crippen LogP contribution in [0.25, 0.3) is 0 Å². The van der Waals surface area contributed by atoms with Gasteiger partial charge in [-0.2, -0.15) is 0 Å². The topological polar surface area (TPSA) is 15.3 Å². The Hall–Kier alpha value is -0.280. The first kappa shape index (κ1) is 14.1. The maximum absolute atomic E-state index is 6.16. The van der Waals surface area contributed by atoms with E-state index in [0.29, 0.717) is 16.1 Å². The van der Waals surface area contributed by atoms with E-state index in [2.05, 4.69) is 17.1 Å². The molecule has 0 aromatic heterocycles. The average molecular weight is 287 g/mol. The lowest BCUT2D eigenvalue weighted by Gasteiger charge is -2.23. The van der Waals surface area contributed by atoms with E-state index in [1.807, 2.05) is 18.2 Å². The van der Waals surface area contributed by atoms with E-state index in [9.17, 15) is 0 Å². The molecule has 1 heterocycles. The average Bonchev–Trinajstić information content (AvgIpc) is 2.82. The summed E-state index contributed by atoms with van der Waals surface area (Å²) in [6.45, 7) is 6.42. The Morgan fingerprint density at radius 3 is 3.00 bits per heavy atom. The lowest BCUT2D eigenvalue weighted by atomic mass is 10.2. The van der Waals surface area contributed by atoms with Gasteiger partial charge in [0.05, 0.1) is 10.0 Å². The van der Waals surface area contributed by atoms with Crippen LogP contribution in [-0.4, -0.2) is 30.6 Å². The van der Waals surface area contributed by atoms with Crippen LogP contribution >= 0.6 is 23.2 Å². The number of benzene rings is 1. The Labute approximate surface area is 119 Å². The summed E-state index contributed by atoms with van der Waals surface area (Å²) in [5, 5.41) is 4.79. The second-order valence-corrected chi connectivity index (χ2v) is 5.55. The molecule has 1 aromatic carbocycles. The highest BCUT2D eigenvalue weighted by Crippen LogP contribution is 2.25. The first-order valence-electron chi connectivity index (χ1n) is 6.60. The number of halogens is 2. The van der Waals surface area contributed by atoms with Gasteiger partial charge in [-0.3, -0.25) is 4.90 Å². The van der Waals surface area contributed by atoms with Crippen molar-refractivity contribution in [1.82, 2.24) is 10.2 Å². The largest absolute Gasteiger partial charge is 0.311 e. The molecule has 0 spiro atoms. The van der Waals surface area contributed by atoms with Gasteiger partial charge in [-0.15, -0.1) is 0 Å². The monoisotopic (exact) mass is 286 g/mol. The predicted molar refractivity (Wildman–Crippen MR) is 78.4 cm³/mol. The molecule has 0 bridgehead atoms. The second-order valence-electron chi connectivity index (χ2n) is 4.77. The highest BCUT2D eigenvalue weighted by Gasteiger charge is 2.22. The molecule has 0 saturated carbocycles. The summed E-state index contributed by atoms with van der Waals surface area (Å²) >= 11 is 12.2. The van der Waals surface area contributed by atoms with Crippen molar-refractivity contribution < 1.29 is 0 Å². The van der Waals surface area contributed by atoms with Gasteiger partial charge in [0.15, 0.2) is 0 Å². The van der Waals surface area contributed by atoms with Crippen LogP contribution in [-0.2, 0) is 6.54 Å². The molecular weight excluding hydrogens is 267 g/mol. The van der Waals surface area contributed by atoms with Crippen LogP contribution in [0.3, 0.4) is 0 Å². The predicted octanol–water partition coefficient (Wildman–Crippen LogP) is 3.57. The summed E-state index contributed by atoms with van der Waals surface area (Å²) < 4.78 is 0. The number of nitrogens with zero attached hydrogens (tertiary/aromatic N) is 1. The van der Waals surface area contributed by atoms with Crippen molar-refractivity contribution in [3.63, 3.8) is 0 Å². The molecule has 100 valence electrons. The van der Waals surface area contributed by atoms with Gasteiger partial charge in [-0.05, 0) is 37.6 Å². The van der Waals surface area contributed by atoms with Crippen molar-refractivity contribution in [3.05, 3.63) is 33.8 Å². The van der Waals surface area contributed by atoms with Crippen LogP contribution in [0.15, 0.2) is 18.2 Å². The molecule has 1 saturated heterocycles. The number of likely N-dealkylation sites (tertiary alicyclic amines) is 1. The molecule has 1 fully saturated rings. The van der Waals surface area contributed by atoms with Crippen LogP contribution in [0, 0.1) is 0 Å². The smallest absolute Gasteiger partial charge is 0.0637 e. The first-order valence-corrected chi connectivity index (χ1v) is 7.35. The molecule has 0 radical (unpaired) electrons. The standard InChI is InChI=1S/C14H20Cl2N2/c1-2-18-8-4-6-12(18)10-17-9-11-5-3-7-13(15)14(11)16/h3,5,7,12,17H,2,4,6,8-10H2,1H3/t12-/m0/s1. The molecule has 1 aliphatic heterocycles. The Kier molecular flexibility index (Phi) is 5.31. The minimum atomic E-state index is 0.631. The normalized spacial score (nSPS) is 20.5. The summed E-state index contributed by atoms with van der Waals surface area (Å²) in [5.74, 6) is 0. The molecule has 1 aromatic rings. The van der Waals surface area contributed by atoms with Crippen LogP contribution in [0.4, 0.5) is 0 Å². The minimum absolute atomic E-state index is 0.631. The van der Waals surface area contributed by atoms with Crippen molar-refractivity contribution >= 4 is 23.2 Å². The zero-order valence-corrected chi connectivity index (χ0v) is 12.3. The summed E-state index contributed by atoms with van der Waals surface area (Å²) in [6.07, 6.45) is 2.61. The first-order chi connectivity index (χ1) is 8.72. The van der Waals surface area contributed by atoms with Crippen molar-refractivity contribution in [2.75, 3.05) is 19.6 Å². The Balaban J connectivity index is 1.83. The van der Waals surface area contributed by atoms with Crippen LogP contribution in [0.1, 0.15) is 25.3 Å². The zero-order chi connectivity index (χ0) is 13.0. The quantitative estimate of drug-likeness (QED) is 0.890. The van der Waals surface area contributed by atoms with E-state index in [1.165, 1.54) is 19.4 Å². The van der Waals surface area contributed by atoms with Crippen LogP contribution < -0.4 is 5.32 Å². The van der Waals surface area contributed by atoms with Gasteiger partial charge in [-0.1, -0.05) is 42.3 Å². The summed E-state index contributed by atoms with van der Waals surface area (Å²) in [4.78, 5) is 2.53. The fourth-order valence-corrected chi connectivity index (χ4v) is 2.99. The third-order valence-corrected chi connectivity index (χ3v) is 4.49. The molecule has 0 amide bonds. The third kappa shape index (κ3) is 3.39. The minimum Gasteiger partial charge on any atom is -0.311 e. The molecule has 0 aliphatic carbocycles. The van der Waals surface area contributed by atoms with Gasteiger partial charge >= 0.3 is 0 Å². The van der Waals surface area contributed by atoms with Gasteiger partial charge in [0.1, 0.15) is 0 Å². The maximum Gasteiger partial charge on any atom is 0.0637 e. The Bertz CT molecular complexity index is 395. The fourth-order valence-electron chi connectivity index (χ4n) is 2.60. The number of nitrogens with one attached hydrogen (secondary N) is 1. The second kappa shape index (κ2) is 6.76. The lowest BCUT2D eigenvalue weighted by molar-refractivity contribution is 0.260. The molecule has 0 unspecified atom stereocenters. The highest BCUT2D eigenvalue weighted by atomic mass is 35.5. The summed E-state index contributed by atoms with van der Waals surface area (Å²) in [7, 11) is 0. The van der Waals surface area contributed by atoms with E-state index in [4.69, 9.17) is 23.2 Å². The SMILES string of the molecule is CCN1CCC[C@H]1CNCc1cccc(Cl)c1Cl. The Morgan fingerprint density at radius 2 is 2.22 bits per heavy atom. The van der Waals surface area contributed by atoms with E-state index < -0.39 is 0 Å². The fraction of sp³-hybridized carbons (Fsp3) is 0.571. The van der Waals surface area contributed by atoms with Crippen molar-refractivity contribution in [2.45, 2.75) is 32.4 Å². The molecule has 1 atom stereocenters. The van der Waals surface area contributed by atoms with Gasteiger partial charge in [0, 0.05) is 19.1 Å². The van der Waals surface area contributed by atoms with Crippen molar-refractivity contribution in [1.29, 1.82) is 0 Å². The van der Waals surface area contributed by atoms with Crippen LogP contribution in [0.5, 0.6) is 0 Å². The summed E-state index contributed by atoms with van der Waals surface area (Å²) in [5.41, 5.74) is 1.07. The van der Waals surface area contributed by atoms with Crippen molar-refractivity contribution in [2.24, 2.45) is 0 Å². The molecule has 18 heavy (non-hydrogen) atoms.